The molecule has 1 rings (SSSR count). The SMILES string of the molecule is CC(C)(CNC(=O)c1cc(O)ccc1[N+](=O)[O-])S(C)(=O)=O. The Hall–Kier alpha value is -2.16. The lowest BCUT2D eigenvalue weighted by Gasteiger charge is -2.22. The predicted molar refractivity (Wildman–Crippen MR) is 76.0 cm³/mol. The largest absolute Gasteiger partial charge is 0.508 e. The van der Waals surface area contributed by atoms with Crippen LogP contribution < -0.4 is 5.32 Å². The van der Waals surface area contributed by atoms with Gasteiger partial charge >= 0.3 is 0 Å². The van der Waals surface area contributed by atoms with Crippen LogP contribution in [0, 0.1) is 10.1 Å². The van der Waals surface area contributed by atoms with Crippen molar-refractivity contribution in [3.63, 3.8) is 0 Å². The molecule has 0 bridgehead atoms. The summed E-state index contributed by atoms with van der Waals surface area (Å²) in [6.07, 6.45) is 1.04. The quantitative estimate of drug-likeness (QED) is 0.612. The standard InChI is InChI=1S/C12H16N2O6S/c1-12(2,21(3,19)20)7-13-11(16)9-6-8(15)4-5-10(9)14(17)18/h4-6,15H,7H2,1-3H3,(H,13,16). The summed E-state index contributed by atoms with van der Waals surface area (Å²) in [5.41, 5.74) is -0.799. The van der Waals surface area contributed by atoms with Gasteiger partial charge in [-0.05, 0) is 26.0 Å². The summed E-state index contributed by atoms with van der Waals surface area (Å²) in [6.45, 7) is 2.65. The Morgan fingerprint density at radius 3 is 2.48 bits per heavy atom. The average molecular weight is 316 g/mol. The third-order valence-corrected chi connectivity index (χ3v) is 5.25. The molecule has 0 radical (unpaired) electrons. The molecule has 0 aliphatic carbocycles. The summed E-state index contributed by atoms with van der Waals surface area (Å²) >= 11 is 0. The van der Waals surface area contributed by atoms with Crippen LogP contribution in [0.4, 0.5) is 5.69 Å². The Morgan fingerprint density at radius 1 is 1.43 bits per heavy atom. The fourth-order valence-electron chi connectivity index (χ4n) is 1.38. The molecular weight excluding hydrogens is 300 g/mol. The number of carbonyl (C=O) groups is 1. The molecule has 0 aliphatic heterocycles. The number of benzene rings is 1. The van der Waals surface area contributed by atoms with Crippen LogP contribution in [0.15, 0.2) is 18.2 Å². The fraction of sp³-hybridized carbons (Fsp3) is 0.417. The van der Waals surface area contributed by atoms with Gasteiger partial charge in [-0.25, -0.2) is 8.42 Å². The van der Waals surface area contributed by atoms with Crippen LogP contribution in [0.5, 0.6) is 5.75 Å². The number of sulfone groups is 1. The second-order valence-electron chi connectivity index (χ2n) is 5.17. The van der Waals surface area contributed by atoms with Crippen LogP contribution in [0.3, 0.4) is 0 Å². The molecule has 8 nitrogen and oxygen atoms in total. The van der Waals surface area contributed by atoms with Gasteiger partial charge in [-0.2, -0.15) is 0 Å². The number of nitro groups is 1. The predicted octanol–water partition coefficient (Wildman–Crippen LogP) is 0.853. The first-order valence-corrected chi connectivity index (χ1v) is 7.80. The topological polar surface area (TPSA) is 127 Å². The van der Waals surface area contributed by atoms with Crippen molar-refractivity contribution in [2.24, 2.45) is 0 Å². The minimum atomic E-state index is -3.41. The van der Waals surface area contributed by atoms with E-state index in [1.165, 1.54) is 13.8 Å². The third kappa shape index (κ3) is 3.91. The molecule has 0 aromatic heterocycles. The van der Waals surface area contributed by atoms with Crippen molar-refractivity contribution in [3.8, 4) is 5.75 Å². The van der Waals surface area contributed by atoms with Gasteiger partial charge in [-0.1, -0.05) is 0 Å². The van der Waals surface area contributed by atoms with Crippen molar-refractivity contribution in [2.45, 2.75) is 18.6 Å². The number of hydrogen-bond donors (Lipinski definition) is 2. The molecule has 2 N–H and O–H groups in total. The number of nitrogens with one attached hydrogen (secondary N) is 1. The normalized spacial score (nSPS) is 12.0. The highest BCUT2D eigenvalue weighted by molar-refractivity contribution is 7.92. The van der Waals surface area contributed by atoms with Gasteiger partial charge in [0.1, 0.15) is 11.3 Å². The first-order chi connectivity index (χ1) is 9.45. The van der Waals surface area contributed by atoms with Crippen LogP contribution >= 0.6 is 0 Å². The maximum Gasteiger partial charge on any atom is 0.282 e. The molecule has 9 heteroatoms. The number of phenols is 1. The summed E-state index contributed by atoms with van der Waals surface area (Å²) in [6, 6.07) is 3.06. The van der Waals surface area contributed by atoms with Gasteiger partial charge in [-0.15, -0.1) is 0 Å². The Labute approximate surface area is 121 Å². The first kappa shape index (κ1) is 16.9. The second kappa shape index (κ2) is 5.68. The molecule has 0 saturated heterocycles. The van der Waals surface area contributed by atoms with Crippen molar-refractivity contribution >= 4 is 21.4 Å². The van der Waals surface area contributed by atoms with E-state index < -0.39 is 31.1 Å². The summed E-state index contributed by atoms with van der Waals surface area (Å²) in [5, 5.41) is 22.5. The first-order valence-electron chi connectivity index (χ1n) is 5.91. The monoisotopic (exact) mass is 316 g/mol. The second-order valence-corrected chi connectivity index (χ2v) is 7.82. The maximum absolute atomic E-state index is 12.0. The van der Waals surface area contributed by atoms with E-state index in [4.69, 9.17) is 0 Å². The summed E-state index contributed by atoms with van der Waals surface area (Å²) in [4.78, 5) is 22.1. The molecule has 1 amide bonds. The van der Waals surface area contributed by atoms with E-state index >= 15 is 0 Å². The number of carbonyl (C=O) groups excluding carboxylic acids is 1. The van der Waals surface area contributed by atoms with Crippen molar-refractivity contribution < 1.29 is 23.2 Å². The zero-order valence-electron chi connectivity index (χ0n) is 11.8. The van der Waals surface area contributed by atoms with Gasteiger partial charge in [0, 0.05) is 18.9 Å². The van der Waals surface area contributed by atoms with Crippen LogP contribution in [0.25, 0.3) is 0 Å². The molecule has 0 atom stereocenters. The molecule has 0 saturated carbocycles. The zero-order valence-corrected chi connectivity index (χ0v) is 12.6. The van der Waals surface area contributed by atoms with Gasteiger partial charge < -0.3 is 10.4 Å². The highest BCUT2D eigenvalue weighted by Gasteiger charge is 2.31. The number of nitrogens with zero attached hydrogens (tertiary/aromatic N) is 1. The maximum atomic E-state index is 12.0. The highest BCUT2D eigenvalue weighted by Crippen LogP contribution is 2.23. The minimum Gasteiger partial charge on any atom is -0.508 e. The lowest BCUT2D eigenvalue weighted by molar-refractivity contribution is -0.385. The van der Waals surface area contributed by atoms with E-state index in [2.05, 4.69) is 5.32 Å². The smallest absolute Gasteiger partial charge is 0.282 e. The number of rotatable bonds is 5. The van der Waals surface area contributed by atoms with Gasteiger partial charge in [0.05, 0.1) is 9.67 Å². The Morgan fingerprint density at radius 2 is 2.00 bits per heavy atom. The van der Waals surface area contributed by atoms with Gasteiger partial charge in [-0.3, -0.25) is 14.9 Å². The van der Waals surface area contributed by atoms with E-state index in [-0.39, 0.29) is 17.9 Å². The molecule has 0 unspecified atom stereocenters. The minimum absolute atomic E-state index is 0.211. The van der Waals surface area contributed by atoms with E-state index in [1.807, 2.05) is 0 Å². The molecule has 0 spiro atoms. The van der Waals surface area contributed by atoms with Crippen LogP contribution in [-0.2, 0) is 9.84 Å². The number of amides is 1. The Kier molecular flexibility index (Phi) is 4.57. The summed E-state index contributed by atoms with van der Waals surface area (Å²) in [5.74, 6) is -1.12. The van der Waals surface area contributed by atoms with Crippen molar-refractivity contribution in [3.05, 3.63) is 33.9 Å². The number of aromatic hydroxyl groups is 1. The summed E-state index contributed by atoms with van der Waals surface area (Å²) in [7, 11) is -3.41. The Balaban J connectivity index is 3.01. The summed E-state index contributed by atoms with van der Waals surface area (Å²) < 4.78 is 21.8. The molecule has 116 valence electrons. The number of phenolic OH excluding ortho intramolecular Hbond substituents is 1. The molecule has 0 fully saturated rings. The van der Waals surface area contributed by atoms with Gasteiger partial charge in [0.15, 0.2) is 9.84 Å². The molecule has 0 heterocycles. The van der Waals surface area contributed by atoms with Gasteiger partial charge in [0.25, 0.3) is 11.6 Å². The van der Waals surface area contributed by atoms with E-state index in [0.29, 0.717) is 0 Å². The molecular formula is C12H16N2O6S. The van der Waals surface area contributed by atoms with Crippen LogP contribution in [0.1, 0.15) is 24.2 Å². The number of nitro benzene ring substituents is 1. The van der Waals surface area contributed by atoms with Crippen molar-refractivity contribution in [1.29, 1.82) is 0 Å². The molecule has 21 heavy (non-hydrogen) atoms. The van der Waals surface area contributed by atoms with Crippen LogP contribution in [-0.4, -0.2) is 41.9 Å². The van der Waals surface area contributed by atoms with Crippen molar-refractivity contribution in [1.82, 2.24) is 5.32 Å². The zero-order chi connectivity index (χ0) is 16.4. The van der Waals surface area contributed by atoms with E-state index in [0.717, 1.165) is 24.5 Å². The lowest BCUT2D eigenvalue weighted by Crippen LogP contribution is -2.43. The third-order valence-electron chi connectivity index (χ3n) is 3.10. The molecule has 1 aromatic carbocycles. The average Bonchev–Trinajstić information content (AvgIpc) is 2.34. The van der Waals surface area contributed by atoms with Crippen molar-refractivity contribution in [2.75, 3.05) is 12.8 Å². The number of hydrogen-bond acceptors (Lipinski definition) is 6. The molecule has 0 aliphatic rings. The van der Waals surface area contributed by atoms with E-state index in [9.17, 15) is 28.4 Å². The van der Waals surface area contributed by atoms with E-state index in [1.54, 1.807) is 0 Å². The van der Waals surface area contributed by atoms with Gasteiger partial charge in [0.2, 0.25) is 0 Å². The van der Waals surface area contributed by atoms with Crippen LogP contribution in [0.2, 0.25) is 0 Å². The highest BCUT2D eigenvalue weighted by atomic mass is 32.2. The Bertz CT molecular complexity index is 681. The lowest BCUT2D eigenvalue weighted by atomic mass is 10.1. The molecule has 1 aromatic rings. The fourth-order valence-corrected chi connectivity index (χ4v) is 1.72.